The Morgan fingerprint density at radius 2 is 1.51 bits per heavy atom. The van der Waals surface area contributed by atoms with Gasteiger partial charge < -0.3 is 14.6 Å². The maximum absolute atomic E-state index is 13.6. The number of aryl methyl sites for hydroxylation is 2. The van der Waals surface area contributed by atoms with Crippen LogP contribution in [0.15, 0.2) is 101 Å². The Labute approximate surface area is 226 Å². The van der Waals surface area contributed by atoms with Crippen molar-refractivity contribution in [1.82, 2.24) is 4.98 Å². The van der Waals surface area contributed by atoms with Gasteiger partial charge in [-0.15, -0.1) is 0 Å². The number of oxazole rings is 1. The van der Waals surface area contributed by atoms with Gasteiger partial charge >= 0.3 is 0 Å². The highest BCUT2D eigenvalue weighted by Crippen LogP contribution is 2.37. The minimum absolute atomic E-state index is 0.119. The van der Waals surface area contributed by atoms with Gasteiger partial charge in [0.05, 0.1) is 11.4 Å². The Morgan fingerprint density at radius 3 is 2.28 bits per heavy atom. The molecule has 2 amide bonds. The summed E-state index contributed by atoms with van der Waals surface area (Å²) in [5, 5.41) is 2.98. The molecule has 1 aliphatic rings. The van der Waals surface area contributed by atoms with E-state index in [1.54, 1.807) is 29.2 Å². The van der Waals surface area contributed by atoms with E-state index in [2.05, 4.69) is 10.3 Å². The fourth-order valence-corrected chi connectivity index (χ4v) is 5.02. The summed E-state index contributed by atoms with van der Waals surface area (Å²) >= 11 is 0. The van der Waals surface area contributed by atoms with E-state index in [0.29, 0.717) is 35.7 Å². The number of hydrogen-bond donors (Lipinski definition) is 1. The Kier molecular flexibility index (Phi) is 6.29. The van der Waals surface area contributed by atoms with E-state index in [1.807, 2.05) is 86.6 Å². The molecule has 0 bridgehead atoms. The van der Waals surface area contributed by atoms with Gasteiger partial charge in [-0.3, -0.25) is 9.59 Å². The number of nitrogens with zero attached hydrogens (tertiary/aromatic N) is 2. The first-order valence-corrected chi connectivity index (χ1v) is 12.9. The van der Waals surface area contributed by atoms with Gasteiger partial charge in [0.1, 0.15) is 0 Å². The number of nitrogens with one attached hydrogen (secondary N) is 1. The van der Waals surface area contributed by atoms with Gasteiger partial charge in [0, 0.05) is 42.3 Å². The van der Waals surface area contributed by atoms with E-state index in [4.69, 9.17) is 4.42 Å². The number of para-hydroxylation sites is 1. The van der Waals surface area contributed by atoms with Gasteiger partial charge in [-0.25, -0.2) is 4.98 Å². The number of anilines is 2. The van der Waals surface area contributed by atoms with Crippen LogP contribution in [-0.4, -0.2) is 23.3 Å². The molecule has 0 spiro atoms. The Morgan fingerprint density at radius 1 is 0.821 bits per heavy atom. The molecule has 0 saturated heterocycles. The Hall–Kier alpha value is -4.97. The molecule has 4 aromatic carbocycles. The Bertz CT molecular complexity index is 1680. The van der Waals surface area contributed by atoms with Gasteiger partial charge in [-0.05, 0) is 60.5 Å². The molecule has 192 valence electrons. The van der Waals surface area contributed by atoms with Gasteiger partial charge in [0.25, 0.3) is 11.8 Å². The third kappa shape index (κ3) is 4.73. The second kappa shape index (κ2) is 10.1. The smallest absolute Gasteiger partial charge is 0.258 e. The summed E-state index contributed by atoms with van der Waals surface area (Å²) in [4.78, 5) is 33.1. The molecule has 0 atom stereocenters. The van der Waals surface area contributed by atoms with Crippen LogP contribution in [-0.2, 0) is 6.42 Å². The molecule has 0 radical (unpaired) electrons. The molecule has 1 aromatic heterocycles. The van der Waals surface area contributed by atoms with E-state index >= 15 is 0 Å². The summed E-state index contributed by atoms with van der Waals surface area (Å²) in [5.74, 6) is 1.02. The normalized spacial score (nSPS) is 12.3. The number of benzene rings is 4. The zero-order chi connectivity index (χ0) is 26.9. The molecular weight excluding hydrogens is 486 g/mol. The van der Waals surface area contributed by atoms with Gasteiger partial charge in [0.15, 0.2) is 11.7 Å². The van der Waals surface area contributed by atoms with Crippen molar-refractivity contribution < 1.29 is 14.0 Å². The van der Waals surface area contributed by atoms with E-state index in [-0.39, 0.29) is 11.8 Å². The number of aromatic nitrogens is 1. The lowest BCUT2D eigenvalue weighted by atomic mass is 9.98. The monoisotopic (exact) mass is 513 g/mol. The third-order valence-corrected chi connectivity index (χ3v) is 6.99. The third-order valence-electron chi connectivity index (χ3n) is 6.99. The average molecular weight is 514 g/mol. The van der Waals surface area contributed by atoms with Crippen LogP contribution in [0.25, 0.3) is 22.5 Å². The summed E-state index contributed by atoms with van der Waals surface area (Å²) in [6, 6.07) is 30.4. The molecule has 0 unspecified atom stereocenters. The number of hydrogen-bond acceptors (Lipinski definition) is 4. The van der Waals surface area contributed by atoms with Gasteiger partial charge in [-0.1, -0.05) is 60.2 Å². The summed E-state index contributed by atoms with van der Waals surface area (Å²) in [6.07, 6.45) is 0.599. The minimum atomic E-state index is -0.205. The van der Waals surface area contributed by atoms with Crippen LogP contribution in [0.1, 0.15) is 37.9 Å². The molecule has 6 nitrogen and oxygen atoms in total. The molecule has 0 aliphatic carbocycles. The maximum atomic E-state index is 13.6. The molecule has 1 aliphatic heterocycles. The van der Waals surface area contributed by atoms with Crippen molar-refractivity contribution in [2.75, 3.05) is 16.8 Å². The lowest BCUT2D eigenvalue weighted by molar-refractivity contribution is 0.0986. The largest absolute Gasteiger partial charge is 0.441 e. The van der Waals surface area contributed by atoms with Crippen molar-refractivity contribution in [2.24, 2.45) is 0 Å². The highest BCUT2D eigenvalue weighted by atomic mass is 16.4. The lowest BCUT2D eigenvalue weighted by Gasteiger charge is -2.23. The summed E-state index contributed by atoms with van der Waals surface area (Å²) in [7, 11) is 0. The molecule has 6 heteroatoms. The first kappa shape index (κ1) is 24.4. The van der Waals surface area contributed by atoms with Crippen LogP contribution in [0.4, 0.5) is 11.4 Å². The fraction of sp³-hybridized carbons (Fsp3) is 0.121. The minimum Gasteiger partial charge on any atom is -0.441 e. The fourth-order valence-electron chi connectivity index (χ4n) is 5.02. The lowest BCUT2D eigenvalue weighted by Crippen LogP contribution is -2.32. The molecule has 0 fully saturated rings. The van der Waals surface area contributed by atoms with Crippen LogP contribution in [0.3, 0.4) is 0 Å². The summed E-state index contributed by atoms with van der Waals surface area (Å²) in [6.45, 7) is 4.36. The van der Waals surface area contributed by atoms with E-state index < -0.39 is 0 Å². The maximum Gasteiger partial charge on any atom is 0.258 e. The number of rotatable bonds is 4. The van der Waals surface area contributed by atoms with Crippen LogP contribution >= 0.6 is 0 Å². The molecule has 5 aromatic rings. The summed E-state index contributed by atoms with van der Waals surface area (Å²) < 4.78 is 5.89. The van der Waals surface area contributed by atoms with E-state index in [0.717, 1.165) is 39.4 Å². The van der Waals surface area contributed by atoms with Crippen molar-refractivity contribution in [3.63, 3.8) is 0 Å². The molecule has 39 heavy (non-hydrogen) atoms. The number of carbonyl (C=O) groups is 2. The van der Waals surface area contributed by atoms with Crippen molar-refractivity contribution in [3.05, 3.63) is 125 Å². The molecule has 2 heterocycles. The quantitative estimate of drug-likeness (QED) is 0.279. The number of amides is 2. The standard InChI is InChI=1S/C33H27N3O3/c1-21-11-13-23(14-12-21)26-7-3-4-8-27(26)32(37)35-25-17-15-24(16-18-25)33(38)36-20-19-29-31(39-22(2)34-29)28-9-5-6-10-30(28)36/h3-18H,19-20H2,1-2H3,(H,35,37). The van der Waals surface area contributed by atoms with Crippen molar-refractivity contribution in [2.45, 2.75) is 20.3 Å². The highest BCUT2D eigenvalue weighted by Gasteiger charge is 2.28. The van der Waals surface area contributed by atoms with Crippen LogP contribution in [0.2, 0.25) is 0 Å². The van der Waals surface area contributed by atoms with Gasteiger partial charge in [-0.2, -0.15) is 0 Å². The second-order valence-corrected chi connectivity index (χ2v) is 9.68. The van der Waals surface area contributed by atoms with Crippen LogP contribution in [0, 0.1) is 13.8 Å². The second-order valence-electron chi connectivity index (χ2n) is 9.68. The zero-order valence-corrected chi connectivity index (χ0v) is 21.8. The van der Waals surface area contributed by atoms with Crippen molar-refractivity contribution in [1.29, 1.82) is 0 Å². The number of fused-ring (bicyclic) bond motifs is 3. The van der Waals surface area contributed by atoms with Gasteiger partial charge in [0.2, 0.25) is 0 Å². The first-order chi connectivity index (χ1) is 19.0. The SMILES string of the molecule is Cc1ccc(-c2ccccc2C(=O)Nc2ccc(C(=O)N3CCc4nc(C)oc4-c4ccccc43)cc2)cc1. The topological polar surface area (TPSA) is 75.4 Å². The predicted octanol–water partition coefficient (Wildman–Crippen LogP) is 7.08. The molecule has 6 rings (SSSR count). The van der Waals surface area contributed by atoms with Crippen molar-refractivity contribution in [3.8, 4) is 22.5 Å². The Balaban J connectivity index is 1.22. The molecule has 0 saturated carbocycles. The number of carbonyl (C=O) groups excluding carboxylic acids is 2. The van der Waals surface area contributed by atoms with E-state index in [9.17, 15) is 9.59 Å². The summed E-state index contributed by atoms with van der Waals surface area (Å²) in [5.41, 5.74) is 7.26. The van der Waals surface area contributed by atoms with Crippen LogP contribution < -0.4 is 10.2 Å². The average Bonchev–Trinajstić information content (AvgIpc) is 3.27. The molecule has 1 N–H and O–H groups in total. The van der Waals surface area contributed by atoms with Crippen molar-refractivity contribution >= 4 is 23.2 Å². The zero-order valence-electron chi connectivity index (χ0n) is 21.8. The predicted molar refractivity (Wildman–Crippen MR) is 153 cm³/mol. The highest BCUT2D eigenvalue weighted by molar-refractivity contribution is 6.10. The first-order valence-electron chi connectivity index (χ1n) is 12.9. The van der Waals surface area contributed by atoms with Crippen LogP contribution in [0.5, 0.6) is 0 Å². The van der Waals surface area contributed by atoms with E-state index in [1.165, 1.54) is 0 Å². The molecular formula is C33H27N3O3.